The first-order valence-corrected chi connectivity index (χ1v) is 9.78. The Kier molecular flexibility index (Phi) is 3.07. The average Bonchev–Trinajstić information content (AvgIpc) is 3.27. The maximum atomic E-state index is 6.18. The zero-order valence-electron chi connectivity index (χ0n) is 14.4. The molecule has 0 saturated carbocycles. The molecule has 0 unspecified atom stereocenters. The van der Waals surface area contributed by atoms with Gasteiger partial charge in [0.2, 0.25) is 0 Å². The second kappa shape index (κ2) is 5.60. The molecule has 2 heterocycles. The number of benzene rings is 4. The van der Waals surface area contributed by atoms with Crippen molar-refractivity contribution in [3.8, 4) is 0 Å². The topological polar surface area (TPSA) is 25.2 Å². The third-order valence-electron chi connectivity index (χ3n) is 5.08. The molecule has 0 atom stereocenters. The number of fused-ring (bicyclic) bond motifs is 6. The van der Waals surface area contributed by atoms with Gasteiger partial charge in [0.1, 0.15) is 5.58 Å². The zero-order chi connectivity index (χ0) is 17.8. The first-order chi connectivity index (χ1) is 13.4. The van der Waals surface area contributed by atoms with Gasteiger partial charge < -0.3 is 9.73 Å². The number of hydrogen-bond donors (Lipinski definition) is 1. The predicted molar refractivity (Wildman–Crippen MR) is 116 cm³/mol. The number of furan rings is 1. The average molecular weight is 365 g/mol. The minimum Gasteiger partial charge on any atom is -0.454 e. The smallest absolute Gasteiger partial charge is 0.158 e. The molecule has 6 rings (SSSR count). The highest BCUT2D eigenvalue weighted by molar-refractivity contribution is 7.25. The SMILES string of the molecule is c1ccc2c(c1)oc1c(Nc3cccc4sc5ccccc5c34)cccc12. The predicted octanol–water partition coefficient (Wildman–Crippen LogP) is 7.70. The van der Waals surface area contributed by atoms with E-state index in [-0.39, 0.29) is 0 Å². The second-order valence-electron chi connectivity index (χ2n) is 6.68. The first-order valence-electron chi connectivity index (χ1n) is 8.96. The Bertz CT molecular complexity index is 1460. The van der Waals surface area contributed by atoms with Gasteiger partial charge >= 0.3 is 0 Å². The molecule has 0 aliphatic rings. The summed E-state index contributed by atoms with van der Waals surface area (Å²) in [6, 6.07) is 29.5. The monoisotopic (exact) mass is 365 g/mol. The van der Waals surface area contributed by atoms with Crippen LogP contribution in [0.4, 0.5) is 11.4 Å². The normalized spacial score (nSPS) is 11.7. The van der Waals surface area contributed by atoms with Crippen molar-refractivity contribution in [1.82, 2.24) is 0 Å². The van der Waals surface area contributed by atoms with Gasteiger partial charge in [-0.1, -0.05) is 54.6 Å². The van der Waals surface area contributed by atoms with E-state index >= 15 is 0 Å². The van der Waals surface area contributed by atoms with Gasteiger partial charge in [-0.3, -0.25) is 0 Å². The van der Waals surface area contributed by atoms with E-state index in [2.05, 4.69) is 78.1 Å². The van der Waals surface area contributed by atoms with Gasteiger partial charge in [0.05, 0.1) is 5.69 Å². The summed E-state index contributed by atoms with van der Waals surface area (Å²) in [6.45, 7) is 0. The van der Waals surface area contributed by atoms with Crippen LogP contribution in [0.15, 0.2) is 89.3 Å². The molecule has 6 aromatic rings. The van der Waals surface area contributed by atoms with Crippen LogP contribution in [-0.2, 0) is 0 Å². The van der Waals surface area contributed by atoms with Gasteiger partial charge in [-0.25, -0.2) is 0 Å². The minimum absolute atomic E-state index is 0.898. The molecule has 2 nitrogen and oxygen atoms in total. The van der Waals surface area contributed by atoms with Crippen molar-refractivity contribution in [1.29, 1.82) is 0 Å². The fourth-order valence-electron chi connectivity index (χ4n) is 3.87. The molecule has 27 heavy (non-hydrogen) atoms. The van der Waals surface area contributed by atoms with Crippen molar-refractivity contribution >= 4 is 64.8 Å². The maximum Gasteiger partial charge on any atom is 0.158 e. The summed E-state index contributed by atoms with van der Waals surface area (Å²) in [5, 5.41) is 8.49. The highest BCUT2D eigenvalue weighted by Crippen LogP contribution is 2.40. The zero-order valence-corrected chi connectivity index (χ0v) is 15.2. The Labute approximate surface area is 159 Å². The molecule has 1 N–H and O–H groups in total. The highest BCUT2D eigenvalue weighted by atomic mass is 32.1. The number of para-hydroxylation sites is 2. The fourth-order valence-corrected chi connectivity index (χ4v) is 5.00. The molecule has 0 spiro atoms. The summed E-state index contributed by atoms with van der Waals surface area (Å²) in [6.07, 6.45) is 0. The van der Waals surface area contributed by atoms with Crippen LogP contribution in [0.5, 0.6) is 0 Å². The summed E-state index contributed by atoms with van der Waals surface area (Å²) in [4.78, 5) is 0. The van der Waals surface area contributed by atoms with Gasteiger partial charge in [0, 0.05) is 36.6 Å². The van der Waals surface area contributed by atoms with Crippen LogP contribution in [0.1, 0.15) is 0 Å². The number of thiophene rings is 1. The Hall–Kier alpha value is -3.30. The minimum atomic E-state index is 0.898. The van der Waals surface area contributed by atoms with E-state index in [4.69, 9.17) is 4.42 Å². The standard InChI is InChI=1S/C24H15NOS/c1-3-12-20-15(7-1)16-9-5-11-19(24(16)26-20)25-18-10-6-14-22-23(18)17-8-2-4-13-21(17)27-22/h1-14,25H. The molecule has 0 fully saturated rings. The lowest BCUT2D eigenvalue weighted by Gasteiger charge is -2.09. The van der Waals surface area contributed by atoms with E-state index in [0.717, 1.165) is 33.3 Å². The van der Waals surface area contributed by atoms with E-state index in [1.165, 1.54) is 20.2 Å². The molecule has 4 aromatic carbocycles. The lowest BCUT2D eigenvalue weighted by molar-refractivity contribution is 0.670. The van der Waals surface area contributed by atoms with Crippen LogP contribution < -0.4 is 5.32 Å². The molecule has 128 valence electrons. The lowest BCUT2D eigenvalue weighted by atomic mass is 10.1. The quantitative estimate of drug-likeness (QED) is 0.340. The number of anilines is 2. The van der Waals surface area contributed by atoms with Gasteiger partial charge in [-0.15, -0.1) is 11.3 Å². The Balaban J connectivity index is 1.60. The number of hydrogen-bond acceptors (Lipinski definition) is 3. The third kappa shape index (κ3) is 2.19. The molecular formula is C24H15NOS. The van der Waals surface area contributed by atoms with Crippen molar-refractivity contribution in [2.24, 2.45) is 0 Å². The molecule has 0 aliphatic carbocycles. The van der Waals surface area contributed by atoms with Crippen molar-refractivity contribution in [2.75, 3.05) is 5.32 Å². The van der Waals surface area contributed by atoms with Crippen molar-refractivity contribution in [3.63, 3.8) is 0 Å². The highest BCUT2D eigenvalue weighted by Gasteiger charge is 2.13. The first kappa shape index (κ1) is 14.8. The summed E-state index contributed by atoms with van der Waals surface area (Å²) in [7, 11) is 0. The Morgan fingerprint density at radius 3 is 2.26 bits per heavy atom. The lowest BCUT2D eigenvalue weighted by Crippen LogP contribution is -1.91. The van der Waals surface area contributed by atoms with Crippen LogP contribution >= 0.6 is 11.3 Å². The molecule has 3 heteroatoms. The van der Waals surface area contributed by atoms with Crippen molar-refractivity contribution in [2.45, 2.75) is 0 Å². The van der Waals surface area contributed by atoms with Crippen LogP contribution in [0.2, 0.25) is 0 Å². The van der Waals surface area contributed by atoms with Gasteiger partial charge in [0.25, 0.3) is 0 Å². The van der Waals surface area contributed by atoms with Crippen molar-refractivity contribution < 1.29 is 4.42 Å². The third-order valence-corrected chi connectivity index (χ3v) is 6.21. The summed E-state index contributed by atoms with van der Waals surface area (Å²) >= 11 is 1.83. The van der Waals surface area contributed by atoms with Gasteiger partial charge in [-0.05, 0) is 30.3 Å². The van der Waals surface area contributed by atoms with E-state index in [1.807, 2.05) is 23.5 Å². The fraction of sp³-hybridized carbons (Fsp3) is 0. The molecule has 0 radical (unpaired) electrons. The Morgan fingerprint density at radius 1 is 0.593 bits per heavy atom. The second-order valence-corrected chi connectivity index (χ2v) is 7.77. The summed E-state index contributed by atoms with van der Waals surface area (Å²) in [5.41, 5.74) is 3.92. The number of rotatable bonds is 2. The molecular weight excluding hydrogens is 350 g/mol. The molecule has 0 bridgehead atoms. The van der Waals surface area contributed by atoms with Crippen LogP contribution in [0.25, 0.3) is 42.1 Å². The summed E-state index contributed by atoms with van der Waals surface area (Å²) < 4.78 is 8.78. The van der Waals surface area contributed by atoms with Crippen LogP contribution in [0.3, 0.4) is 0 Å². The summed E-state index contributed by atoms with van der Waals surface area (Å²) in [5.74, 6) is 0. The van der Waals surface area contributed by atoms with Gasteiger partial charge in [0.15, 0.2) is 5.58 Å². The van der Waals surface area contributed by atoms with Crippen molar-refractivity contribution in [3.05, 3.63) is 84.9 Å². The Morgan fingerprint density at radius 2 is 1.30 bits per heavy atom. The van der Waals surface area contributed by atoms with Crippen LogP contribution in [0, 0.1) is 0 Å². The molecule has 0 saturated heterocycles. The molecule has 0 amide bonds. The van der Waals surface area contributed by atoms with E-state index in [0.29, 0.717) is 0 Å². The van der Waals surface area contributed by atoms with Crippen LogP contribution in [-0.4, -0.2) is 0 Å². The number of nitrogens with one attached hydrogen (secondary N) is 1. The maximum absolute atomic E-state index is 6.18. The molecule has 2 aromatic heterocycles. The van der Waals surface area contributed by atoms with Gasteiger partial charge in [-0.2, -0.15) is 0 Å². The van der Waals surface area contributed by atoms with E-state index in [1.54, 1.807) is 0 Å². The van der Waals surface area contributed by atoms with E-state index < -0.39 is 0 Å². The van der Waals surface area contributed by atoms with E-state index in [9.17, 15) is 0 Å². The molecule has 0 aliphatic heterocycles. The largest absolute Gasteiger partial charge is 0.454 e.